The molecule has 2 aromatic carbocycles. The topological polar surface area (TPSA) is 88.6 Å². The highest BCUT2D eigenvalue weighted by Gasteiger charge is 2.13. The second-order valence-corrected chi connectivity index (χ2v) is 5.73. The Morgan fingerprint density at radius 3 is 2.52 bits per heavy atom. The Morgan fingerprint density at radius 2 is 1.81 bits per heavy atom. The number of ether oxygens (including phenoxy) is 2. The van der Waals surface area contributed by atoms with Crippen LogP contribution in [0.5, 0.6) is 11.5 Å². The molecule has 7 nitrogen and oxygen atoms in total. The van der Waals surface area contributed by atoms with E-state index in [4.69, 9.17) is 9.47 Å². The van der Waals surface area contributed by atoms with Crippen LogP contribution in [-0.4, -0.2) is 36.0 Å². The molecule has 3 aromatic rings. The van der Waals surface area contributed by atoms with Gasteiger partial charge in [-0.3, -0.25) is 9.89 Å². The van der Waals surface area contributed by atoms with Crippen LogP contribution in [0.25, 0.3) is 11.3 Å². The fourth-order valence-electron chi connectivity index (χ4n) is 2.52. The van der Waals surface area contributed by atoms with Crippen LogP contribution >= 0.6 is 0 Å². The van der Waals surface area contributed by atoms with Gasteiger partial charge in [0.1, 0.15) is 17.2 Å². The number of carbonyl (C=O) groups excluding carboxylic acids is 1. The number of nitrogens with zero attached hydrogens (tertiary/aromatic N) is 2. The summed E-state index contributed by atoms with van der Waals surface area (Å²) >= 11 is 0. The molecule has 0 unspecified atom stereocenters. The molecular formula is C20H20N4O3. The summed E-state index contributed by atoms with van der Waals surface area (Å²) in [6.07, 6.45) is 0. The highest BCUT2D eigenvalue weighted by atomic mass is 16.5. The van der Waals surface area contributed by atoms with Crippen molar-refractivity contribution in [2.75, 3.05) is 14.2 Å². The number of aromatic amines is 1. The highest BCUT2D eigenvalue weighted by Crippen LogP contribution is 2.28. The van der Waals surface area contributed by atoms with Gasteiger partial charge in [-0.1, -0.05) is 12.1 Å². The molecule has 0 radical (unpaired) electrons. The SMILES string of the molecule is COc1ccc(/C(C)=N/NC(=O)c2cc(-c3ccccc3OC)n[nH]2)cc1. The van der Waals surface area contributed by atoms with Crippen molar-refractivity contribution in [1.29, 1.82) is 0 Å². The summed E-state index contributed by atoms with van der Waals surface area (Å²) in [6, 6.07) is 16.6. The lowest BCUT2D eigenvalue weighted by atomic mass is 10.1. The third kappa shape index (κ3) is 4.14. The number of benzene rings is 2. The third-order valence-corrected chi connectivity index (χ3v) is 4.04. The number of para-hydroxylation sites is 1. The second-order valence-electron chi connectivity index (χ2n) is 5.73. The molecule has 1 amide bonds. The second kappa shape index (κ2) is 8.18. The minimum Gasteiger partial charge on any atom is -0.497 e. The quantitative estimate of drug-likeness (QED) is 0.519. The zero-order valence-electron chi connectivity index (χ0n) is 15.3. The lowest BCUT2D eigenvalue weighted by Gasteiger charge is -2.04. The van der Waals surface area contributed by atoms with Gasteiger partial charge >= 0.3 is 0 Å². The molecule has 0 fully saturated rings. The van der Waals surface area contributed by atoms with Crippen LogP contribution in [0.3, 0.4) is 0 Å². The van der Waals surface area contributed by atoms with Crippen LogP contribution in [0.4, 0.5) is 0 Å². The summed E-state index contributed by atoms with van der Waals surface area (Å²) in [6.45, 7) is 1.81. The summed E-state index contributed by atoms with van der Waals surface area (Å²) in [4.78, 5) is 12.3. The van der Waals surface area contributed by atoms with Crippen molar-refractivity contribution in [3.05, 3.63) is 65.9 Å². The Morgan fingerprint density at radius 1 is 1.07 bits per heavy atom. The lowest BCUT2D eigenvalue weighted by molar-refractivity contribution is 0.0950. The van der Waals surface area contributed by atoms with E-state index in [0.717, 1.165) is 16.9 Å². The Hall–Kier alpha value is -3.61. The molecule has 0 aliphatic carbocycles. The summed E-state index contributed by atoms with van der Waals surface area (Å²) in [7, 11) is 3.20. The van der Waals surface area contributed by atoms with Gasteiger partial charge in [-0.25, -0.2) is 5.43 Å². The van der Waals surface area contributed by atoms with Crippen LogP contribution in [0, 0.1) is 0 Å². The van der Waals surface area contributed by atoms with Gasteiger partial charge in [0.05, 0.1) is 25.6 Å². The van der Waals surface area contributed by atoms with Crippen molar-refractivity contribution in [3.8, 4) is 22.8 Å². The minimum atomic E-state index is -0.378. The van der Waals surface area contributed by atoms with Gasteiger partial charge in [0.25, 0.3) is 5.91 Å². The van der Waals surface area contributed by atoms with Gasteiger partial charge in [0, 0.05) is 5.56 Å². The molecule has 7 heteroatoms. The predicted octanol–water partition coefficient (Wildman–Crippen LogP) is 3.25. The number of carbonyl (C=O) groups is 1. The van der Waals surface area contributed by atoms with Crippen molar-refractivity contribution >= 4 is 11.6 Å². The van der Waals surface area contributed by atoms with Crippen molar-refractivity contribution < 1.29 is 14.3 Å². The molecule has 3 rings (SSSR count). The van der Waals surface area contributed by atoms with E-state index in [1.807, 2.05) is 55.5 Å². The highest BCUT2D eigenvalue weighted by molar-refractivity contribution is 6.00. The summed E-state index contributed by atoms with van der Waals surface area (Å²) in [5.41, 5.74) is 5.82. The zero-order valence-corrected chi connectivity index (χ0v) is 15.3. The number of hydrogen-bond acceptors (Lipinski definition) is 5. The minimum absolute atomic E-state index is 0.308. The average Bonchev–Trinajstić information content (AvgIpc) is 3.22. The van der Waals surface area contributed by atoms with E-state index in [2.05, 4.69) is 20.7 Å². The van der Waals surface area contributed by atoms with E-state index in [0.29, 0.717) is 22.8 Å². The number of hydrazone groups is 1. The molecule has 0 bridgehead atoms. The van der Waals surface area contributed by atoms with Gasteiger partial charge in [-0.15, -0.1) is 0 Å². The number of methoxy groups -OCH3 is 2. The Balaban J connectivity index is 1.72. The smallest absolute Gasteiger partial charge is 0.289 e. The van der Waals surface area contributed by atoms with Crippen molar-refractivity contribution in [2.45, 2.75) is 6.92 Å². The first-order valence-corrected chi connectivity index (χ1v) is 8.30. The van der Waals surface area contributed by atoms with Crippen LogP contribution in [-0.2, 0) is 0 Å². The van der Waals surface area contributed by atoms with Crippen LogP contribution in [0.2, 0.25) is 0 Å². The van der Waals surface area contributed by atoms with E-state index in [-0.39, 0.29) is 5.91 Å². The normalized spacial score (nSPS) is 11.1. The van der Waals surface area contributed by atoms with Gasteiger partial charge in [-0.05, 0) is 55.0 Å². The summed E-state index contributed by atoms with van der Waals surface area (Å²) < 4.78 is 10.5. The molecule has 0 aliphatic rings. The van der Waals surface area contributed by atoms with Crippen molar-refractivity contribution in [1.82, 2.24) is 15.6 Å². The standard InChI is InChI=1S/C20H20N4O3/c1-13(14-8-10-15(26-2)11-9-14)21-24-20(25)18-12-17(22-23-18)16-6-4-5-7-19(16)27-3/h4-12H,1-3H3,(H,22,23)(H,24,25)/b21-13+. The molecule has 27 heavy (non-hydrogen) atoms. The maximum Gasteiger partial charge on any atom is 0.289 e. The number of aromatic nitrogens is 2. The van der Waals surface area contributed by atoms with E-state index in [1.165, 1.54) is 0 Å². The molecule has 0 atom stereocenters. The number of amides is 1. The Kier molecular flexibility index (Phi) is 5.51. The first kappa shape index (κ1) is 18.2. The first-order chi connectivity index (χ1) is 13.1. The summed E-state index contributed by atoms with van der Waals surface area (Å²) in [5.74, 6) is 1.07. The molecule has 0 spiro atoms. The number of H-pyrrole nitrogens is 1. The Labute approximate surface area is 157 Å². The van der Waals surface area contributed by atoms with Crippen LogP contribution in [0.1, 0.15) is 23.0 Å². The average molecular weight is 364 g/mol. The zero-order chi connectivity index (χ0) is 19.2. The van der Waals surface area contributed by atoms with Gasteiger partial charge < -0.3 is 9.47 Å². The Bertz CT molecular complexity index is 961. The van der Waals surface area contributed by atoms with E-state index in [1.54, 1.807) is 20.3 Å². The van der Waals surface area contributed by atoms with Gasteiger partial charge in [0.2, 0.25) is 0 Å². The van der Waals surface area contributed by atoms with Gasteiger partial charge in [-0.2, -0.15) is 10.2 Å². The largest absolute Gasteiger partial charge is 0.497 e. The molecule has 1 aromatic heterocycles. The third-order valence-electron chi connectivity index (χ3n) is 4.04. The molecule has 0 saturated heterocycles. The molecule has 1 heterocycles. The van der Waals surface area contributed by atoms with E-state index in [9.17, 15) is 4.79 Å². The maximum absolute atomic E-state index is 12.3. The van der Waals surface area contributed by atoms with Crippen LogP contribution in [0.15, 0.2) is 59.7 Å². The first-order valence-electron chi connectivity index (χ1n) is 8.30. The summed E-state index contributed by atoms with van der Waals surface area (Å²) in [5, 5.41) is 11.1. The maximum atomic E-state index is 12.3. The van der Waals surface area contributed by atoms with Crippen molar-refractivity contribution in [3.63, 3.8) is 0 Å². The molecule has 0 aliphatic heterocycles. The number of nitrogens with one attached hydrogen (secondary N) is 2. The fraction of sp³-hybridized carbons (Fsp3) is 0.150. The van der Waals surface area contributed by atoms with Gasteiger partial charge in [0.15, 0.2) is 0 Å². The molecule has 138 valence electrons. The van der Waals surface area contributed by atoms with E-state index >= 15 is 0 Å². The molecule has 0 saturated carbocycles. The molecular weight excluding hydrogens is 344 g/mol. The molecule has 2 N–H and O–H groups in total. The number of hydrogen-bond donors (Lipinski definition) is 2. The van der Waals surface area contributed by atoms with Crippen LogP contribution < -0.4 is 14.9 Å². The predicted molar refractivity (Wildman–Crippen MR) is 103 cm³/mol. The van der Waals surface area contributed by atoms with Crippen molar-refractivity contribution in [2.24, 2.45) is 5.10 Å². The monoisotopic (exact) mass is 364 g/mol. The number of rotatable bonds is 6. The fourth-order valence-corrected chi connectivity index (χ4v) is 2.52. The lowest BCUT2D eigenvalue weighted by Crippen LogP contribution is -2.19. The van der Waals surface area contributed by atoms with E-state index < -0.39 is 0 Å².